The highest BCUT2D eigenvalue weighted by Gasteiger charge is 2.19. The van der Waals surface area contributed by atoms with E-state index in [0.29, 0.717) is 12.0 Å². The van der Waals surface area contributed by atoms with Gasteiger partial charge >= 0.3 is 0 Å². The summed E-state index contributed by atoms with van der Waals surface area (Å²) in [5, 5.41) is 9.23. The molecule has 2 N–H and O–H groups in total. The molecule has 1 unspecified atom stereocenters. The summed E-state index contributed by atoms with van der Waals surface area (Å²) in [5.74, 6) is 0.727. The summed E-state index contributed by atoms with van der Waals surface area (Å²) in [6.45, 7) is 3.42. The van der Waals surface area contributed by atoms with E-state index in [1.165, 1.54) is 12.1 Å². The Morgan fingerprint density at radius 3 is 2.71 bits per heavy atom. The van der Waals surface area contributed by atoms with Crippen LogP contribution in [0.4, 0.5) is 0 Å². The summed E-state index contributed by atoms with van der Waals surface area (Å²) in [6.07, 6.45) is 2.04. The van der Waals surface area contributed by atoms with E-state index in [1.54, 1.807) is 31.4 Å². The number of rotatable bonds is 6. The molecule has 5 nitrogen and oxygen atoms in total. The third-order valence-corrected chi connectivity index (χ3v) is 4.83. The van der Waals surface area contributed by atoms with Crippen LogP contribution in [0.5, 0.6) is 0 Å². The zero-order chi connectivity index (χ0) is 15.5. The highest BCUT2D eigenvalue weighted by atomic mass is 32.2. The molecule has 0 bridgehead atoms. The van der Waals surface area contributed by atoms with Crippen LogP contribution in [0.3, 0.4) is 0 Å². The molecule has 1 heterocycles. The van der Waals surface area contributed by atoms with Gasteiger partial charge in [0.25, 0.3) is 0 Å². The molecule has 0 aliphatic rings. The number of furan rings is 1. The van der Waals surface area contributed by atoms with Crippen LogP contribution >= 0.6 is 0 Å². The molecule has 1 aromatic heterocycles. The van der Waals surface area contributed by atoms with Crippen LogP contribution < -0.4 is 4.72 Å². The van der Waals surface area contributed by atoms with Gasteiger partial charge in [0.05, 0.1) is 17.8 Å². The number of aryl methyl sites for hydroxylation is 1. The molecule has 0 saturated heterocycles. The summed E-state index contributed by atoms with van der Waals surface area (Å²) in [5.41, 5.74) is 1.47. The van der Waals surface area contributed by atoms with Crippen molar-refractivity contribution < 1.29 is 17.9 Å². The molecule has 0 aliphatic carbocycles. The Morgan fingerprint density at radius 1 is 1.33 bits per heavy atom. The first-order chi connectivity index (χ1) is 9.92. The van der Waals surface area contributed by atoms with Crippen LogP contribution in [0.15, 0.2) is 45.9 Å². The lowest BCUT2D eigenvalue weighted by Gasteiger charge is -2.14. The van der Waals surface area contributed by atoms with E-state index in [-0.39, 0.29) is 17.5 Å². The number of sulfonamides is 1. The van der Waals surface area contributed by atoms with Crippen molar-refractivity contribution in [2.24, 2.45) is 0 Å². The predicted octanol–water partition coefficient (Wildman–Crippen LogP) is 1.99. The van der Waals surface area contributed by atoms with E-state index < -0.39 is 10.0 Å². The Morgan fingerprint density at radius 2 is 2.10 bits per heavy atom. The van der Waals surface area contributed by atoms with Gasteiger partial charge in [-0.2, -0.15) is 0 Å². The minimum Gasteiger partial charge on any atom is -0.469 e. The van der Waals surface area contributed by atoms with Crippen LogP contribution in [0, 0.1) is 6.92 Å². The lowest BCUT2D eigenvalue weighted by Crippen LogP contribution is -2.34. The minimum atomic E-state index is -3.61. The van der Waals surface area contributed by atoms with E-state index in [2.05, 4.69) is 4.72 Å². The van der Waals surface area contributed by atoms with E-state index in [0.717, 1.165) is 11.3 Å². The van der Waals surface area contributed by atoms with Gasteiger partial charge in [0.15, 0.2) is 0 Å². The quantitative estimate of drug-likeness (QED) is 0.855. The molecule has 0 amide bonds. The van der Waals surface area contributed by atoms with E-state index in [9.17, 15) is 13.5 Å². The number of aliphatic hydroxyl groups excluding tert-OH is 1. The van der Waals surface area contributed by atoms with Crippen LogP contribution in [-0.2, 0) is 23.1 Å². The highest BCUT2D eigenvalue weighted by molar-refractivity contribution is 7.89. The summed E-state index contributed by atoms with van der Waals surface area (Å²) in [6, 6.07) is 8.01. The van der Waals surface area contributed by atoms with E-state index >= 15 is 0 Å². The molecular formula is C15H19NO4S. The zero-order valence-corrected chi connectivity index (χ0v) is 12.9. The normalized spacial score (nSPS) is 13.3. The second kappa shape index (κ2) is 6.43. The fraction of sp³-hybridized carbons (Fsp3) is 0.333. The van der Waals surface area contributed by atoms with Gasteiger partial charge in [0.2, 0.25) is 10.0 Å². The van der Waals surface area contributed by atoms with Crippen molar-refractivity contribution in [1.29, 1.82) is 0 Å². The molecule has 0 fully saturated rings. The van der Waals surface area contributed by atoms with Crippen LogP contribution in [0.2, 0.25) is 0 Å². The Bertz CT molecular complexity index is 692. The topological polar surface area (TPSA) is 79.5 Å². The smallest absolute Gasteiger partial charge is 0.240 e. The minimum absolute atomic E-state index is 0.156. The average molecular weight is 309 g/mol. The third kappa shape index (κ3) is 3.93. The maximum absolute atomic E-state index is 12.3. The first-order valence-corrected chi connectivity index (χ1v) is 8.16. The SMILES string of the molecule is Cc1ccc(S(=O)(=O)NC(C)Cc2ccco2)cc1CO. The van der Waals surface area contributed by atoms with Gasteiger partial charge in [0, 0.05) is 12.5 Å². The van der Waals surface area contributed by atoms with E-state index in [1.807, 2.05) is 6.92 Å². The van der Waals surface area contributed by atoms with Crippen molar-refractivity contribution in [1.82, 2.24) is 4.72 Å². The highest BCUT2D eigenvalue weighted by Crippen LogP contribution is 2.16. The van der Waals surface area contributed by atoms with Crippen LogP contribution in [0.1, 0.15) is 23.8 Å². The van der Waals surface area contributed by atoms with E-state index in [4.69, 9.17) is 4.42 Å². The molecule has 1 atom stereocenters. The molecule has 0 saturated carbocycles. The predicted molar refractivity (Wildman–Crippen MR) is 79.3 cm³/mol. The number of nitrogens with one attached hydrogen (secondary N) is 1. The third-order valence-electron chi connectivity index (χ3n) is 3.25. The molecule has 1 aromatic carbocycles. The number of aliphatic hydroxyl groups is 1. The van der Waals surface area contributed by atoms with Crippen molar-refractivity contribution in [3.8, 4) is 0 Å². The molecule has 114 valence electrons. The number of benzene rings is 1. The Hall–Kier alpha value is -1.63. The van der Waals surface area contributed by atoms with Gasteiger partial charge in [-0.15, -0.1) is 0 Å². The second-order valence-electron chi connectivity index (χ2n) is 5.05. The summed E-state index contributed by atoms with van der Waals surface area (Å²) < 4.78 is 32.5. The fourth-order valence-electron chi connectivity index (χ4n) is 2.09. The second-order valence-corrected chi connectivity index (χ2v) is 6.77. The number of hydrogen-bond acceptors (Lipinski definition) is 4. The average Bonchev–Trinajstić information content (AvgIpc) is 2.91. The molecule has 0 aliphatic heterocycles. The summed E-state index contributed by atoms with van der Waals surface area (Å²) in [4.78, 5) is 0.156. The van der Waals surface area contributed by atoms with Crippen LogP contribution in [0.25, 0.3) is 0 Å². The fourth-order valence-corrected chi connectivity index (χ4v) is 3.38. The van der Waals surface area contributed by atoms with Crippen LogP contribution in [-0.4, -0.2) is 19.6 Å². The van der Waals surface area contributed by atoms with Gasteiger partial charge in [-0.3, -0.25) is 0 Å². The Balaban J connectivity index is 2.14. The summed E-state index contributed by atoms with van der Waals surface area (Å²) in [7, 11) is -3.61. The molecule has 21 heavy (non-hydrogen) atoms. The Kier molecular flexibility index (Phi) is 4.82. The van der Waals surface area contributed by atoms with Crippen molar-refractivity contribution in [2.45, 2.75) is 37.8 Å². The Labute approximate surface area is 124 Å². The number of hydrogen-bond donors (Lipinski definition) is 2. The molecular weight excluding hydrogens is 290 g/mol. The molecule has 2 aromatic rings. The van der Waals surface area contributed by atoms with Crippen molar-refractivity contribution in [3.05, 3.63) is 53.5 Å². The maximum Gasteiger partial charge on any atom is 0.240 e. The van der Waals surface area contributed by atoms with Gasteiger partial charge in [0.1, 0.15) is 5.76 Å². The molecule has 6 heteroatoms. The molecule has 2 rings (SSSR count). The van der Waals surface area contributed by atoms with Gasteiger partial charge in [-0.25, -0.2) is 13.1 Å². The largest absolute Gasteiger partial charge is 0.469 e. The van der Waals surface area contributed by atoms with Crippen molar-refractivity contribution >= 4 is 10.0 Å². The van der Waals surface area contributed by atoms with Crippen molar-refractivity contribution in [2.75, 3.05) is 0 Å². The van der Waals surface area contributed by atoms with Gasteiger partial charge < -0.3 is 9.52 Å². The lowest BCUT2D eigenvalue weighted by molar-refractivity contribution is 0.280. The lowest BCUT2D eigenvalue weighted by atomic mass is 10.1. The monoisotopic (exact) mass is 309 g/mol. The standard InChI is InChI=1S/C15H19NO4S/c1-11-5-6-15(9-13(11)10-17)21(18,19)16-12(2)8-14-4-3-7-20-14/h3-7,9,12,16-17H,8,10H2,1-2H3. The molecule has 0 spiro atoms. The summed E-state index contributed by atoms with van der Waals surface area (Å²) >= 11 is 0. The maximum atomic E-state index is 12.3. The zero-order valence-electron chi connectivity index (χ0n) is 12.0. The van der Waals surface area contributed by atoms with Gasteiger partial charge in [-0.05, 0) is 49.2 Å². The first kappa shape index (κ1) is 15.8. The van der Waals surface area contributed by atoms with Gasteiger partial charge in [-0.1, -0.05) is 6.07 Å². The van der Waals surface area contributed by atoms with Crippen molar-refractivity contribution in [3.63, 3.8) is 0 Å². The first-order valence-electron chi connectivity index (χ1n) is 6.67. The molecule has 0 radical (unpaired) electrons.